The van der Waals surface area contributed by atoms with E-state index >= 15 is 0 Å². The highest BCUT2D eigenvalue weighted by atomic mass is 19.4. The van der Waals surface area contributed by atoms with E-state index in [2.05, 4.69) is 10.3 Å². The number of rotatable bonds is 2. The number of piperazine rings is 1. The Labute approximate surface area is 107 Å². The van der Waals surface area contributed by atoms with Crippen LogP contribution in [0.5, 0.6) is 0 Å². The Balaban J connectivity index is 2.32. The molecular formula is C11H13F3N4O. The van der Waals surface area contributed by atoms with Crippen LogP contribution in [0.4, 0.5) is 19.0 Å². The van der Waals surface area contributed by atoms with Gasteiger partial charge in [0.05, 0.1) is 0 Å². The fourth-order valence-corrected chi connectivity index (χ4v) is 1.97. The van der Waals surface area contributed by atoms with Gasteiger partial charge in [0.2, 0.25) is 5.91 Å². The van der Waals surface area contributed by atoms with Crippen LogP contribution in [-0.2, 0) is 11.0 Å². The second-order valence-electron chi connectivity index (χ2n) is 4.19. The van der Waals surface area contributed by atoms with Crippen molar-refractivity contribution in [2.45, 2.75) is 12.2 Å². The van der Waals surface area contributed by atoms with Crippen molar-refractivity contribution in [1.82, 2.24) is 10.3 Å². The molecule has 1 saturated heterocycles. The lowest BCUT2D eigenvalue weighted by atomic mass is 10.1. The Morgan fingerprint density at radius 2 is 2.21 bits per heavy atom. The number of hydrogen-bond acceptors (Lipinski definition) is 4. The van der Waals surface area contributed by atoms with E-state index in [1.165, 1.54) is 17.0 Å². The van der Waals surface area contributed by atoms with Gasteiger partial charge in [-0.15, -0.1) is 0 Å². The number of alkyl halides is 3. The minimum atomic E-state index is -4.51. The normalized spacial score (nSPS) is 20.4. The van der Waals surface area contributed by atoms with Crippen LogP contribution in [-0.4, -0.2) is 36.6 Å². The average molecular weight is 274 g/mol. The molecule has 1 amide bonds. The van der Waals surface area contributed by atoms with Crippen molar-refractivity contribution < 1.29 is 18.0 Å². The Bertz CT molecular complexity index is 477. The zero-order chi connectivity index (χ0) is 14.0. The molecule has 0 aromatic carbocycles. The summed E-state index contributed by atoms with van der Waals surface area (Å²) in [6.45, 7) is 1.23. The second kappa shape index (κ2) is 5.04. The number of halogens is 3. The summed E-state index contributed by atoms with van der Waals surface area (Å²) in [6.07, 6.45) is -4.51. The third kappa shape index (κ3) is 2.95. The van der Waals surface area contributed by atoms with Gasteiger partial charge >= 0.3 is 6.18 Å². The SMILES string of the molecule is NC(=O)C1CNCCN1c1cccc(C(F)(F)F)n1. The largest absolute Gasteiger partial charge is 0.433 e. The molecule has 1 aromatic rings. The molecule has 1 atom stereocenters. The molecule has 1 unspecified atom stereocenters. The van der Waals surface area contributed by atoms with Crippen molar-refractivity contribution in [3.8, 4) is 0 Å². The minimum absolute atomic E-state index is 0.111. The van der Waals surface area contributed by atoms with E-state index in [-0.39, 0.29) is 5.82 Å². The average Bonchev–Trinajstić information content (AvgIpc) is 2.38. The quantitative estimate of drug-likeness (QED) is 0.817. The second-order valence-corrected chi connectivity index (χ2v) is 4.19. The molecule has 8 heteroatoms. The van der Waals surface area contributed by atoms with Crippen molar-refractivity contribution in [3.05, 3.63) is 23.9 Å². The third-order valence-corrected chi connectivity index (χ3v) is 2.89. The van der Waals surface area contributed by atoms with Crippen molar-refractivity contribution in [2.24, 2.45) is 5.73 Å². The smallest absolute Gasteiger partial charge is 0.368 e. The van der Waals surface area contributed by atoms with Gasteiger partial charge in [-0.2, -0.15) is 13.2 Å². The number of carbonyl (C=O) groups is 1. The molecule has 0 saturated carbocycles. The number of amides is 1. The monoisotopic (exact) mass is 274 g/mol. The van der Waals surface area contributed by atoms with Gasteiger partial charge < -0.3 is 16.0 Å². The lowest BCUT2D eigenvalue weighted by Crippen LogP contribution is -2.57. The van der Waals surface area contributed by atoms with Crippen LogP contribution in [0.1, 0.15) is 5.69 Å². The number of nitrogens with one attached hydrogen (secondary N) is 1. The van der Waals surface area contributed by atoms with Crippen molar-refractivity contribution in [1.29, 1.82) is 0 Å². The maximum absolute atomic E-state index is 12.6. The highest BCUT2D eigenvalue weighted by molar-refractivity contribution is 5.83. The number of primary amides is 1. The van der Waals surface area contributed by atoms with Gasteiger partial charge in [-0.25, -0.2) is 4.98 Å². The van der Waals surface area contributed by atoms with E-state index in [1.807, 2.05) is 0 Å². The van der Waals surface area contributed by atoms with Gasteiger partial charge in [0.25, 0.3) is 0 Å². The Morgan fingerprint density at radius 3 is 2.84 bits per heavy atom. The summed E-state index contributed by atoms with van der Waals surface area (Å²) in [4.78, 5) is 16.4. The molecule has 1 aliphatic rings. The van der Waals surface area contributed by atoms with E-state index in [9.17, 15) is 18.0 Å². The predicted molar refractivity (Wildman–Crippen MR) is 62.4 cm³/mol. The molecule has 5 nitrogen and oxygen atoms in total. The standard InChI is InChI=1S/C11H13F3N4O/c12-11(13,14)8-2-1-3-9(17-8)18-5-4-16-6-7(18)10(15)19/h1-3,7,16H,4-6H2,(H2,15,19). The van der Waals surface area contributed by atoms with Gasteiger partial charge in [0.1, 0.15) is 17.6 Å². The highest BCUT2D eigenvalue weighted by Crippen LogP contribution is 2.29. The first-order valence-corrected chi connectivity index (χ1v) is 5.70. The summed E-state index contributed by atoms with van der Waals surface area (Å²) in [5.74, 6) is -0.480. The first-order chi connectivity index (χ1) is 8.89. The molecule has 2 heterocycles. The Morgan fingerprint density at radius 1 is 1.47 bits per heavy atom. The van der Waals surface area contributed by atoms with E-state index < -0.39 is 23.8 Å². The first-order valence-electron chi connectivity index (χ1n) is 5.70. The number of hydrogen-bond donors (Lipinski definition) is 2. The van der Waals surface area contributed by atoms with E-state index in [4.69, 9.17) is 5.73 Å². The molecule has 0 spiro atoms. The summed E-state index contributed by atoms with van der Waals surface area (Å²) >= 11 is 0. The summed E-state index contributed by atoms with van der Waals surface area (Å²) in [6, 6.07) is 2.91. The molecule has 0 bridgehead atoms. The minimum Gasteiger partial charge on any atom is -0.368 e. The van der Waals surface area contributed by atoms with Crippen LogP contribution < -0.4 is 16.0 Å². The lowest BCUT2D eigenvalue weighted by Gasteiger charge is -2.35. The number of nitrogens with two attached hydrogens (primary N) is 1. The summed E-state index contributed by atoms with van der Waals surface area (Å²) < 4.78 is 37.8. The molecule has 2 rings (SSSR count). The van der Waals surface area contributed by atoms with Crippen LogP contribution in [0.2, 0.25) is 0 Å². The zero-order valence-corrected chi connectivity index (χ0v) is 9.94. The molecule has 1 fully saturated rings. The summed E-state index contributed by atoms with van der Waals surface area (Å²) in [5, 5.41) is 2.97. The summed E-state index contributed by atoms with van der Waals surface area (Å²) in [5.41, 5.74) is 4.27. The number of aromatic nitrogens is 1. The van der Waals surface area contributed by atoms with Gasteiger partial charge in [0.15, 0.2) is 0 Å². The predicted octanol–water partition coefficient (Wildman–Crippen LogP) is 0.364. The lowest BCUT2D eigenvalue weighted by molar-refractivity contribution is -0.141. The maximum atomic E-state index is 12.6. The summed E-state index contributed by atoms with van der Waals surface area (Å²) in [7, 11) is 0. The topological polar surface area (TPSA) is 71.2 Å². The Hall–Kier alpha value is -1.83. The van der Waals surface area contributed by atoms with Crippen molar-refractivity contribution in [3.63, 3.8) is 0 Å². The highest BCUT2D eigenvalue weighted by Gasteiger charge is 2.34. The third-order valence-electron chi connectivity index (χ3n) is 2.89. The van der Waals surface area contributed by atoms with Gasteiger partial charge in [-0.1, -0.05) is 6.07 Å². The molecule has 3 N–H and O–H groups in total. The van der Waals surface area contributed by atoms with Gasteiger partial charge in [-0.3, -0.25) is 4.79 Å². The van der Waals surface area contributed by atoms with Crippen LogP contribution in [0.3, 0.4) is 0 Å². The van der Waals surface area contributed by atoms with Crippen LogP contribution in [0, 0.1) is 0 Å². The van der Waals surface area contributed by atoms with Crippen molar-refractivity contribution in [2.75, 3.05) is 24.5 Å². The van der Waals surface area contributed by atoms with Crippen LogP contribution >= 0.6 is 0 Å². The number of carbonyl (C=O) groups excluding carboxylic acids is 1. The first kappa shape index (κ1) is 13.6. The molecule has 0 radical (unpaired) electrons. The molecule has 104 valence electrons. The van der Waals surface area contributed by atoms with Crippen LogP contribution in [0.25, 0.3) is 0 Å². The van der Waals surface area contributed by atoms with E-state index in [0.29, 0.717) is 19.6 Å². The number of pyridine rings is 1. The van der Waals surface area contributed by atoms with Crippen molar-refractivity contribution >= 4 is 11.7 Å². The molecule has 19 heavy (non-hydrogen) atoms. The van der Waals surface area contributed by atoms with E-state index in [1.54, 1.807) is 0 Å². The number of anilines is 1. The van der Waals surface area contributed by atoms with Gasteiger partial charge in [-0.05, 0) is 12.1 Å². The van der Waals surface area contributed by atoms with Crippen LogP contribution in [0.15, 0.2) is 18.2 Å². The number of nitrogens with zero attached hydrogens (tertiary/aromatic N) is 2. The van der Waals surface area contributed by atoms with E-state index in [0.717, 1.165) is 6.07 Å². The Kier molecular flexibility index (Phi) is 3.61. The molecule has 0 aliphatic carbocycles. The zero-order valence-electron chi connectivity index (χ0n) is 9.94. The van der Waals surface area contributed by atoms with Gasteiger partial charge in [0, 0.05) is 19.6 Å². The maximum Gasteiger partial charge on any atom is 0.433 e. The molecule has 1 aromatic heterocycles. The molecule has 1 aliphatic heterocycles. The molecular weight excluding hydrogens is 261 g/mol. The fraction of sp³-hybridized carbons (Fsp3) is 0.455. The fourth-order valence-electron chi connectivity index (χ4n) is 1.97.